The number of ketones is 1. The van der Waals surface area contributed by atoms with E-state index in [1.165, 1.54) is 18.3 Å². The largest absolute Gasteiger partial charge is 0.497 e. The van der Waals surface area contributed by atoms with Crippen LogP contribution in [0.3, 0.4) is 0 Å². The van der Waals surface area contributed by atoms with Crippen molar-refractivity contribution in [1.82, 2.24) is 4.90 Å². The standard InChI is InChI=1S/C19H22N2O3S/c1-13(22)17-9-10-18(25-17)19(23)21-11-3-4-15(12-21)20-14-5-7-16(24-2)8-6-14/h5-10,15,20H,3-4,11-12H2,1-2H3/t15-/m0/s1. The SMILES string of the molecule is COc1ccc(N[C@H]2CCCN(C(=O)c3ccc(C(C)=O)s3)C2)cc1. The first-order valence-corrected chi connectivity index (χ1v) is 9.19. The summed E-state index contributed by atoms with van der Waals surface area (Å²) in [6.07, 6.45) is 1.99. The van der Waals surface area contributed by atoms with Crippen LogP contribution < -0.4 is 10.1 Å². The number of hydrogen-bond acceptors (Lipinski definition) is 5. The summed E-state index contributed by atoms with van der Waals surface area (Å²) in [6, 6.07) is 11.5. The Morgan fingerprint density at radius 2 is 1.88 bits per heavy atom. The van der Waals surface area contributed by atoms with Crippen molar-refractivity contribution in [2.24, 2.45) is 0 Å². The van der Waals surface area contributed by atoms with Gasteiger partial charge in [-0.05, 0) is 56.2 Å². The molecule has 1 saturated heterocycles. The average molecular weight is 358 g/mol. The summed E-state index contributed by atoms with van der Waals surface area (Å²) in [5.41, 5.74) is 1.02. The second kappa shape index (κ2) is 7.70. The van der Waals surface area contributed by atoms with Crippen molar-refractivity contribution >= 4 is 28.7 Å². The number of carbonyl (C=O) groups is 2. The normalized spacial score (nSPS) is 17.2. The highest BCUT2D eigenvalue weighted by atomic mass is 32.1. The van der Waals surface area contributed by atoms with Gasteiger partial charge in [-0.2, -0.15) is 0 Å². The van der Waals surface area contributed by atoms with Gasteiger partial charge in [-0.3, -0.25) is 9.59 Å². The minimum atomic E-state index is 0.00161. The lowest BCUT2D eigenvalue weighted by molar-refractivity contribution is 0.0719. The predicted molar refractivity (Wildman–Crippen MR) is 99.9 cm³/mol. The molecule has 5 nitrogen and oxygen atoms in total. The zero-order valence-electron chi connectivity index (χ0n) is 14.5. The smallest absolute Gasteiger partial charge is 0.264 e. The summed E-state index contributed by atoms with van der Waals surface area (Å²) in [6.45, 7) is 2.95. The number of carbonyl (C=O) groups excluding carboxylic acids is 2. The fourth-order valence-electron chi connectivity index (χ4n) is 3.00. The van der Waals surface area contributed by atoms with Crippen molar-refractivity contribution in [3.05, 3.63) is 46.2 Å². The third-order valence-corrected chi connectivity index (χ3v) is 5.51. The van der Waals surface area contributed by atoms with Gasteiger partial charge in [0.05, 0.1) is 16.9 Å². The number of likely N-dealkylation sites (tertiary alicyclic amines) is 1. The van der Waals surface area contributed by atoms with E-state index in [2.05, 4.69) is 5.32 Å². The molecule has 2 heterocycles. The van der Waals surface area contributed by atoms with E-state index in [1.807, 2.05) is 29.2 Å². The van der Waals surface area contributed by atoms with Crippen LogP contribution in [0.25, 0.3) is 0 Å². The summed E-state index contributed by atoms with van der Waals surface area (Å²) < 4.78 is 5.17. The van der Waals surface area contributed by atoms with Crippen LogP contribution in [-0.4, -0.2) is 42.8 Å². The minimum Gasteiger partial charge on any atom is -0.497 e. The van der Waals surface area contributed by atoms with Crippen LogP contribution in [0.5, 0.6) is 5.75 Å². The maximum atomic E-state index is 12.7. The van der Waals surface area contributed by atoms with Gasteiger partial charge in [0.2, 0.25) is 0 Å². The van der Waals surface area contributed by atoms with Crippen LogP contribution >= 0.6 is 11.3 Å². The van der Waals surface area contributed by atoms with E-state index in [1.54, 1.807) is 19.2 Å². The molecule has 1 fully saturated rings. The molecule has 1 aliphatic heterocycles. The number of benzene rings is 1. The minimum absolute atomic E-state index is 0.00161. The number of Topliss-reactive ketones (excluding diaryl/α,β-unsaturated/α-hetero) is 1. The van der Waals surface area contributed by atoms with E-state index >= 15 is 0 Å². The van der Waals surface area contributed by atoms with Crippen LogP contribution in [0.4, 0.5) is 5.69 Å². The molecule has 0 saturated carbocycles. The Morgan fingerprint density at radius 3 is 2.52 bits per heavy atom. The molecule has 1 N–H and O–H groups in total. The molecule has 0 spiro atoms. The predicted octanol–water partition coefficient (Wildman–Crippen LogP) is 3.68. The molecule has 1 aromatic carbocycles. The number of ether oxygens (including phenoxy) is 1. The topological polar surface area (TPSA) is 58.6 Å². The highest BCUT2D eigenvalue weighted by Crippen LogP contribution is 2.23. The van der Waals surface area contributed by atoms with E-state index in [-0.39, 0.29) is 17.7 Å². The van der Waals surface area contributed by atoms with Gasteiger partial charge >= 0.3 is 0 Å². The van der Waals surface area contributed by atoms with Crippen molar-refractivity contribution in [2.75, 3.05) is 25.5 Å². The lowest BCUT2D eigenvalue weighted by Gasteiger charge is -2.33. The Bertz CT molecular complexity index is 754. The fourth-order valence-corrected chi connectivity index (χ4v) is 3.87. The zero-order chi connectivity index (χ0) is 17.8. The van der Waals surface area contributed by atoms with Gasteiger partial charge in [0.15, 0.2) is 5.78 Å². The number of piperidine rings is 1. The molecule has 3 rings (SSSR count). The number of amides is 1. The molecule has 0 bridgehead atoms. The summed E-state index contributed by atoms with van der Waals surface area (Å²) in [7, 11) is 1.65. The molecule has 1 atom stereocenters. The molecule has 6 heteroatoms. The molecule has 25 heavy (non-hydrogen) atoms. The molecule has 1 aliphatic rings. The van der Waals surface area contributed by atoms with Crippen molar-refractivity contribution in [3.8, 4) is 5.75 Å². The monoisotopic (exact) mass is 358 g/mol. The quantitative estimate of drug-likeness (QED) is 0.829. The number of thiophene rings is 1. The highest BCUT2D eigenvalue weighted by molar-refractivity contribution is 7.15. The highest BCUT2D eigenvalue weighted by Gasteiger charge is 2.25. The number of nitrogens with zero attached hydrogens (tertiary/aromatic N) is 1. The molecule has 1 amide bonds. The van der Waals surface area contributed by atoms with Crippen LogP contribution in [0, 0.1) is 0 Å². The molecular formula is C19H22N2O3S. The first-order valence-electron chi connectivity index (χ1n) is 8.37. The van der Waals surface area contributed by atoms with Crippen LogP contribution in [0.2, 0.25) is 0 Å². The van der Waals surface area contributed by atoms with Gasteiger partial charge in [-0.25, -0.2) is 0 Å². The molecular weight excluding hydrogens is 336 g/mol. The Morgan fingerprint density at radius 1 is 1.16 bits per heavy atom. The van der Waals surface area contributed by atoms with E-state index in [4.69, 9.17) is 4.74 Å². The number of anilines is 1. The van der Waals surface area contributed by atoms with Crippen molar-refractivity contribution < 1.29 is 14.3 Å². The lowest BCUT2D eigenvalue weighted by Crippen LogP contribution is -2.44. The maximum Gasteiger partial charge on any atom is 0.264 e. The first-order chi connectivity index (χ1) is 12.1. The fraction of sp³-hybridized carbons (Fsp3) is 0.368. The number of nitrogens with one attached hydrogen (secondary N) is 1. The maximum absolute atomic E-state index is 12.7. The van der Waals surface area contributed by atoms with Gasteiger partial charge in [0.25, 0.3) is 5.91 Å². The third kappa shape index (κ3) is 4.20. The van der Waals surface area contributed by atoms with E-state index < -0.39 is 0 Å². The van der Waals surface area contributed by atoms with E-state index in [9.17, 15) is 9.59 Å². The number of methoxy groups -OCH3 is 1. The van der Waals surface area contributed by atoms with Crippen LogP contribution in [-0.2, 0) is 0 Å². The first kappa shape index (κ1) is 17.5. The molecule has 0 aliphatic carbocycles. The summed E-state index contributed by atoms with van der Waals surface area (Å²) in [5, 5.41) is 3.49. The molecule has 0 unspecified atom stereocenters. The molecule has 0 radical (unpaired) electrons. The number of hydrogen-bond donors (Lipinski definition) is 1. The van der Waals surface area contributed by atoms with E-state index in [0.717, 1.165) is 30.8 Å². The Kier molecular flexibility index (Phi) is 5.38. The Balaban J connectivity index is 1.63. The molecule has 2 aromatic rings. The Labute approximate surface area is 151 Å². The number of rotatable bonds is 5. The second-order valence-corrected chi connectivity index (χ2v) is 7.27. The van der Waals surface area contributed by atoms with Gasteiger partial charge < -0.3 is 15.0 Å². The molecule has 132 valence electrons. The van der Waals surface area contributed by atoms with Crippen LogP contribution in [0.1, 0.15) is 39.1 Å². The molecule has 1 aromatic heterocycles. The zero-order valence-corrected chi connectivity index (χ0v) is 15.3. The van der Waals surface area contributed by atoms with Crippen LogP contribution in [0.15, 0.2) is 36.4 Å². The van der Waals surface area contributed by atoms with Gasteiger partial charge in [0, 0.05) is 24.8 Å². The third-order valence-electron chi connectivity index (χ3n) is 4.33. The van der Waals surface area contributed by atoms with Crippen molar-refractivity contribution in [2.45, 2.75) is 25.8 Å². The Hall–Kier alpha value is -2.34. The van der Waals surface area contributed by atoms with Gasteiger partial charge in [-0.1, -0.05) is 0 Å². The second-order valence-electron chi connectivity index (χ2n) is 6.18. The summed E-state index contributed by atoms with van der Waals surface area (Å²) in [5.74, 6) is 0.838. The average Bonchev–Trinajstić information content (AvgIpc) is 3.12. The van der Waals surface area contributed by atoms with Crippen molar-refractivity contribution in [3.63, 3.8) is 0 Å². The van der Waals surface area contributed by atoms with E-state index in [0.29, 0.717) is 16.3 Å². The summed E-state index contributed by atoms with van der Waals surface area (Å²) >= 11 is 1.28. The van der Waals surface area contributed by atoms with Gasteiger partial charge in [0.1, 0.15) is 5.75 Å². The van der Waals surface area contributed by atoms with Crippen molar-refractivity contribution in [1.29, 1.82) is 0 Å². The van der Waals surface area contributed by atoms with Gasteiger partial charge in [-0.15, -0.1) is 11.3 Å². The lowest BCUT2D eigenvalue weighted by atomic mass is 10.0. The summed E-state index contributed by atoms with van der Waals surface area (Å²) in [4.78, 5) is 27.3.